The molecule has 1 saturated heterocycles. The molecule has 6 atom stereocenters. The van der Waals surface area contributed by atoms with E-state index < -0.39 is 53.8 Å². The smallest absolute Gasteiger partial charge is 0.303 e. The fourth-order valence-electron chi connectivity index (χ4n) is 3.50. The average molecular weight is 573 g/mol. The van der Waals surface area contributed by atoms with E-state index in [4.69, 9.17) is 18.9 Å². The summed E-state index contributed by atoms with van der Waals surface area (Å²) in [5.41, 5.74) is -0.580. The standard InChI is InChI=1S/C21H25BrN4O8S/c1-10(27)16-8-26(25-24-16)18-19(32-12(3)29)17(9-31-11(2)28)34-21(20(18)33-13(4)30)35-15-5-14(22)6-23-7-15/h5-8,10,17-21,27H,9H2,1-4H3/t10?,17-,18+,19+,20-,21-/m1/s1. The highest BCUT2D eigenvalue weighted by atomic mass is 79.9. The van der Waals surface area contributed by atoms with Gasteiger partial charge in [-0.15, -0.1) is 5.10 Å². The van der Waals surface area contributed by atoms with Gasteiger partial charge in [-0.25, -0.2) is 4.68 Å². The molecule has 1 fully saturated rings. The Balaban J connectivity index is 2.09. The number of hydrogen-bond acceptors (Lipinski definition) is 12. The maximum atomic E-state index is 12.1. The quantitative estimate of drug-likeness (QED) is 0.363. The zero-order valence-corrected chi connectivity index (χ0v) is 21.8. The Morgan fingerprint density at radius 2 is 1.86 bits per heavy atom. The van der Waals surface area contributed by atoms with Gasteiger partial charge < -0.3 is 24.1 Å². The Hall–Kier alpha value is -2.55. The number of aromatic nitrogens is 4. The lowest BCUT2D eigenvalue weighted by Crippen LogP contribution is -2.57. The lowest BCUT2D eigenvalue weighted by Gasteiger charge is -2.44. The topological polar surface area (TPSA) is 152 Å². The summed E-state index contributed by atoms with van der Waals surface area (Å²) < 4.78 is 24.7. The SMILES string of the molecule is CC(=O)OC[C@H]1O[C@H](Sc2cncc(Br)c2)[C@H](OC(C)=O)[C@@H](n2cc(C(C)O)nn2)[C@H]1OC(C)=O. The van der Waals surface area contributed by atoms with E-state index in [1.54, 1.807) is 18.5 Å². The molecule has 12 nitrogen and oxygen atoms in total. The van der Waals surface area contributed by atoms with E-state index in [0.29, 0.717) is 4.90 Å². The van der Waals surface area contributed by atoms with Gasteiger partial charge in [-0.1, -0.05) is 17.0 Å². The highest BCUT2D eigenvalue weighted by molar-refractivity contribution is 9.10. The number of aliphatic hydroxyl groups excluding tert-OH is 1. The molecule has 1 aliphatic rings. The first-order valence-corrected chi connectivity index (χ1v) is 12.2. The number of thioether (sulfide) groups is 1. The van der Waals surface area contributed by atoms with Gasteiger partial charge in [-0.05, 0) is 28.9 Å². The molecule has 0 radical (unpaired) electrons. The lowest BCUT2D eigenvalue weighted by molar-refractivity contribution is -0.212. The number of esters is 3. The van der Waals surface area contributed by atoms with E-state index >= 15 is 0 Å². The molecule has 2 aromatic heterocycles. The van der Waals surface area contributed by atoms with E-state index in [9.17, 15) is 19.5 Å². The predicted octanol–water partition coefficient (Wildman–Crippen LogP) is 1.97. The van der Waals surface area contributed by atoms with Gasteiger partial charge in [0.05, 0.1) is 12.3 Å². The molecule has 35 heavy (non-hydrogen) atoms. The molecule has 0 spiro atoms. The zero-order valence-electron chi connectivity index (χ0n) is 19.4. The van der Waals surface area contributed by atoms with Crippen molar-refractivity contribution in [1.82, 2.24) is 20.0 Å². The molecule has 0 aliphatic carbocycles. The number of halogens is 1. The van der Waals surface area contributed by atoms with Gasteiger partial charge in [-0.3, -0.25) is 19.4 Å². The van der Waals surface area contributed by atoms with Crippen LogP contribution in [0.25, 0.3) is 0 Å². The summed E-state index contributed by atoms with van der Waals surface area (Å²) in [4.78, 5) is 40.5. The molecule has 0 saturated carbocycles. The summed E-state index contributed by atoms with van der Waals surface area (Å²) in [7, 11) is 0. The van der Waals surface area contributed by atoms with E-state index in [2.05, 4.69) is 31.2 Å². The molecule has 0 aromatic carbocycles. The fraction of sp³-hybridized carbons (Fsp3) is 0.524. The molecule has 1 N–H and O–H groups in total. The average Bonchev–Trinajstić information content (AvgIpc) is 3.24. The van der Waals surface area contributed by atoms with Crippen molar-refractivity contribution in [2.75, 3.05) is 6.61 Å². The molecular formula is C21H25BrN4O8S. The van der Waals surface area contributed by atoms with Crippen LogP contribution in [0.5, 0.6) is 0 Å². The molecule has 1 aliphatic heterocycles. The molecule has 0 bridgehead atoms. The third kappa shape index (κ3) is 7.22. The van der Waals surface area contributed by atoms with Crippen molar-refractivity contribution in [3.63, 3.8) is 0 Å². The minimum atomic E-state index is -1.07. The molecule has 0 amide bonds. The molecule has 3 rings (SSSR count). The number of carbonyl (C=O) groups is 3. The Kier molecular flexibility index (Phi) is 9.21. The largest absolute Gasteiger partial charge is 0.463 e. The monoisotopic (exact) mass is 572 g/mol. The number of nitrogens with zero attached hydrogens (tertiary/aromatic N) is 4. The van der Waals surface area contributed by atoms with E-state index in [-0.39, 0.29) is 12.3 Å². The van der Waals surface area contributed by atoms with Crippen molar-refractivity contribution in [3.05, 3.63) is 34.8 Å². The summed E-state index contributed by atoms with van der Waals surface area (Å²) >= 11 is 4.59. The first-order chi connectivity index (χ1) is 16.5. The van der Waals surface area contributed by atoms with Crippen LogP contribution >= 0.6 is 27.7 Å². The summed E-state index contributed by atoms with van der Waals surface area (Å²) in [5, 5.41) is 18.0. The van der Waals surface area contributed by atoms with Gasteiger partial charge in [-0.2, -0.15) is 0 Å². The van der Waals surface area contributed by atoms with Crippen LogP contribution in [0, 0.1) is 0 Å². The fourth-order valence-corrected chi connectivity index (χ4v) is 5.15. The highest BCUT2D eigenvalue weighted by Gasteiger charge is 2.52. The van der Waals surface area contributed by atoms with Crippen LogP contribution < -0.4 is 0 Å². The summed E-state index contributed by atoms with van der Waals surface area (Å²) in [6, 6.07) is 0.885. The minimum Gasteiger partial charge on any atom is -0.463 e. The zero-order chi connectivity index (χ0) is 25.7. The molecular weight excluding hydrogens is 548 g/mol. The van der Waals surface area contributed by atoms with Crippen LogP contribution in [0.4, 0.5) is 0 Å². The van der Waals surface area contributed by atoms with Crippen LogP contribution in [0.15, 0.2) is 34.0 Å². The predicted molar refractivity (Wildman–Crippen MR) is 124 cm³/mol. The van der Waals surface area contributed by atoms with Crippen LogP contribution in [0.1, 0.15) is 45.5 Å². The Morgan fingerprint density at radius 3 is 2.43 bits per heavy atom. The number of ether oxygens (including phenoxy) is 4. The molecule has 2 aromatic rings. The first kappa shape index (κ1) is 27.0. The number of aliphatic hydroxyl groups is 1. The lowest BCUT2D eigenvalue weighted by atomic mass is 9.96. The number of hydrogen-bond donors (Lipinski definition) is 1. The highest BCUT2D eigenvalue weighted by Crippen LogP contribution is 2.41. The maximum absolute atomic E-state index is 12.1. The van der Waals surface area contributed by atoms with Crippen LogP contribution in [-0.2, 0) is 33.3 Å². The van der Waals surface area contributed by atoms with Crippen LogP contribution in [-0.4, -0.2) is 73.3 Å². The Labute approximate surface area is 213 Å². The Bertz CT molecular complexity index is 1070. The molecule has 1 unspecified atom stereocenters. The van der Waals surface area contributed by atoms with Crippen molar-refractivity contribution >= 4 is 45.6 Å². The summed E-state index contributed by atoms with van der Waals surface area (Å²) in [5.74, 6) is -1.78. The van der Waals surface area contributed by atoms with E-state index in [1.807, 2.05) is 0 Å². The van der Waals surface area contributed by atoms with Gasteiger partial charge in [0.1, 0.15) is 29.9 Å². The summed E-state index contributed by atoms with van der Waals surface area (Å²) in [6.07, 6.45) is 0.757. The molecule has 190 valence electrons. The number of pyridine rings is 1. The van der Waals surface area contributed by atoms with E-state index in [0.717, 1.165) is 4.47 Å². The van der Waals surface area contributed by atoms with Crippen LogP contribution in [0.2, 0.25) is 0 Å². The molecule has 3 heterocycles. The van der Waals surface area contributed by atoms with Crippen LogP contribution in [0.3, 0.4) is 0 Å². The van der Waals surface area contributed by atoms with Gasteiger partial charge in [0.2, 0.25) is 0 Å². The van der Waals surface area contributed by atoms with Crippen molar-refractivity contribution < 1.29 is 38.4 Å². The third-order valence-corrected chi connectivity index (χ3v) is 6.41. The second-order valence-electron chi connectivity index (χ2n) is 7.74. The second kappa shape index (κ2) is 11.9. The first-order valence-electron chi connectivity index (χ1n) is 10.6. The second-order valence-corrected chi connectivity index (χ2v) is 9.83. The van der Waals surface area contributed by atoms with Gasteiger partial charge in [0.25, 0.3) is 0 Å². The van der Waals surface area contributed by atoms with Crippen molar-refractivity contribution in [2.24, 2.45) is 0 Å². The van der Waals surface area contributed by atoms with Gasteiger partial charge >= 0.3 is 17.9 Å². The number of rotatable bonds is 8. The van der Waals surface area contributed by atoms with Crippen molar-refractivity contribution in [2.45, 2.75) is 68.5 Å². The van der Waals surface area contributed by atoms with Crippen molar-refractivity contribution in [1.29, 1.82) is 0 Å². The third-order valence-electron chi connectivity index (χ3n) is 4.87. The van der Waals surface area contributed by atoms with E-state index in [1.165, 1.54) is 50.3 Å². The normalized spacial score (nSPS) is 24.9. The number of carbonyl (C=O) groups excluding carboxylic acids is 3. The Morgan fingerprint density at radius 1 is 1.17 bits per heavy atom. The van der Waals surface area contributed by atoms with Crippen molar-refractivity contribution in [3.8, 4) is 0 Å². The maximum Gasteiger partial charge on any atom is 0.303 e. The minimum absolute atomic E-state index is 0.234. The molecule has 14 heteroatoms. The van der Waals surface area contributed by atoms with Gasteiger partial charge in [0.15, 0.2) is 12.2 Å². The summed E-state index contributed by atoms with van der Waals surface area (Å²) in [6.45, 7) is 5.00. The van der Waals surface area contributed by atoms with Gasteiger partial charge in [0, 0.05) is 42.5 Å².